The third-order valence-electron chi connectivity index (χ3n) is 3.33. The van der Waals surface area contributed by atoms with Gasteiger partial charge in [0.2, 0.25) is 0 Å². The zero-order valence-corrected chi connectivity index (χ0v) is 11.5. The van der Waals surface area contributed by atoms with Gasteiger partial charge in [-0.3, -0.25) is 0 Å². The van der Waals surface area contributed by atoms with Crippen molar-refractivity contribution in [1.29, 1.82) is 0 Å². The zero-order chi connectivity index (χ0) is 12.0. The quantitative estimate of drug-likeness (QED) is 0.807. The first-order valence-electron chi connectivity index (χ1n) is 5.74. The van der Waals surface area contributed by atoms with Crippen LogP contribution >= 0.6 is 15.9 Å². The van der Waals surface area contributed by atoms with E-state index in [0.717, 1.165) is 34.8 Å². The number of hydrogen-bond donors (Lipinski definition) is 1. The van der Waals surface area contributed by atoms with Crippen LogP contribution in [0.4, 0.5) is 5.69 Å². The summed E-state index contributed by atoms with van der Waals surface area (Å²) < 4.78 is 3.39. The third kappa shape index (κ3) is 1.67. The van der Waals surface area contributed by atoms with Gasteiger partial charge in [0, 0.05) is 34.5 Å². The normalized spacial score (nSPS) is 13.6. The molecule has 1 aliphatic heterocycles. The van der Waals surface area contributed by atoms with Gasteiger partial charge in [0.25, 0.3) is 0 Å². The van der Waals surface area contributed by atoms with Gasteiger partial charge in [-0.25, -0.2) is 4.98 Å². The minimum atomic E-state index is 0.938. The van der Waals surface area contributed by atoms with Gasteiger partial charge >= 0.3 is 0 Å². The summed E-state index contributed by atoms with van der Waals surface area (Å²) in [7, 11) is 0. The maximum Gasteiger partial charge on any atom is 0.142 e. The van der Waals surface area contributed by atoms with Crippen molar-refractivity contribution in [1.82, 2.24) is 9.55 Å². The van der Waals surface area contributed by atoms with Crippen molar-refractivity contribution in [3.8, 4) is 11.4 Å². The van der Waals surface area contributed by atoms with Crippen LogP contribution in [0.2, 0.25) is 0 Å². The molecule has 0 saturated heterocycles. The summed E-state index contributed by atoms with van der Waals surface area (Å²) in [5.41, 5.74) is 4.72. The van der Waals surface area contributed by atoms with E-state index in [-0.39, 0.29) is 0 Å². The summed E-state index contributed by atoms with van der Waals surface area (Å²) in [4.78, 5) is 4.69. The maximum absolute atomic E-state index is 4.69. The fraction of sp³-hybridized carbons (Fsp3) is 0.308. The second kappa shape index (κ2) is 3.88. The molecule has 2 aromatic rings. The second-order valence-corrected chi connectivity index (χ2v) is 5.29. The largest absolute Gasteiger partial charge is 0.383 e. The number of imidazole rings is 1. The number of benzene rings is 1. The van der Waals surface area contributed by atoms with Crippen molar-refractivity contribution in [2.45, 2.75) is 20.4 Å². The van der Waals surface area contributed by atoms with Crippen LogP contribution in [0.25, 0.3) is 11.4 Å². The van der Waals surface area contributed by atoms with Crippen molar-refractivity contribution in [2.75, 3.05) is 11.9 Å². The molecule has 0 fully saturated rings. The average molecular weight is 292 g/mol. The maximum atomic E-state index is 4.69. The number of fused-ring (bicyclic) bond motifs is 3. The first-order chi connectivity index (χ1) is 8.16. The Hall–Kier alpha value is -1.29. The summed E-state index contributed by atoms with van der Waals surface area (Å²) in [5.74, 6) is 1.08. The minimum absolute atomic E-state index is 0.938. The number of nitrogens with zero attached hydrogens (tertiary/aromatic N) is 2. The molecule has 2 heterocycles. The highest BCUT2D eigenvalue weighted by molar-refractivity contribution is 9.10. The Morgan fingerprint density at radius 3 is 3.00 bits per heavy atom. The average Bonchev–Trinajstić information content (AvgIpc) is 2.49. The summed E-state index contributed by atoms with van der Waals surface area (Å²) >= 11 is 3.51. The van der Waals surface area contributed by atoms with Crippen LogP contribution in [0.5, 0.6) is 0 Å². The summed E-state index contributed by atoms with van der Waals surface area (Å²) in [6, 6.07) is 6.30. The molecule has 0 aliphatic carbocycles. The topological polar surface area (TPSA) is 29.9 Å². The molecule has 88 valence electrons. The van der Waals surface area contributed by atoms with E-state index in [1.165, 1.54) is 11.3 Å². The minimum Gasteiger partial charge on any atom is -0.383 e. The van der Waals surface area contributed by atoms with Gasteiger partial charge in [-0.2, -0.15) is 0 Å². The first kappa shape index (κ1) is 10.8. The molecule has 0 saturated carbocycles. The van der Waals surface area contributed by atoms with E-state index in [9.17, 15) is 0 Å². The van der Waals surface area contributed by atoms with Gasteiger partial charge < -0.3 is 9.88 Å². The Morgan fingerprint density at radius 1 is 1.35 bits per heavy atom. The molecule has 1 aromatic carbocycles. The molecule has 3 rings (SSSR count). The lowest BCUT2D eigenvalue weighted by atomic mass is 10.1. The van der Waals surface area contributed by atoms with Crippen LogP contribution in [-0.4, -0.2) is 16.1 Å². The van der Waals surface area contributed by atoms with Crippen LogP contribution in [0, 0.1) is 13.8 Å². The monoisotopic (exact) mass is 291 g/mol. The molecule has 3 nitrogen and oxygen atoms in total. The van der Waals surface area contributed by atoms with E-state index in [2.05, 4.69) is 62.8 Å². The third-order valence-corrected chi connectivity index (χ3v) is 3.82. The molecule has 17 heavy (non-hydrogen) atoms. The van der Waals surface area contributed by atoms with Crippen molar-refractivity contribution in [3.63, 3.8) is 0 Å². The number of aromatic nitrogens is 2. The molecule has 0 bridgehead atoms. The standard InChI is InChI=1S/C13H14BrN3/c1-8-9(2)17-6-5-15-12-7-10(14)3-4-11(12)13(17)16-8/h3-4,7,15H,5-6H2,1-2H3. The van der Waals surface area contributed by atoms with E-state index in [0.29, 0.717) is 0 Å². The molecule has 1 aromatic heterocycles. The number of aryl methyl sites for hydroxylation is 1. The smallest absolute Gasteiger partial charge is 0.142 e. The number of anilines is 1. The Bertz CT molecular complexity index is 587. The van der Waals surface area contributed by atoms with Gasteiger partial charge in [0.05, 0.1) is 5.69 Å². The predicted octanol–water partition coefficient (Wildman–Crippen LogP) is 3.35. The molecule has 4 heteroatoms. The van der Waals surface area contributed by atoms with Crippen LogP contribution in [-0.2, 0) is 6.54 Å². The van der Waals surface area contributed by atoms with Crippen molar-refractivity contribution < 1.29 is 0 Å². The van der Waals surface area contributed by atoms with E-state index >= 15 is 0 Å². The van der Waals surface area contributed by atoms with Crippen LogP contribution < -0.4 is 5.32 Å². The van der Waals surface area contributed by atoms with Gasteiger partial charge in [0.15, 0.2) is 0 Å². The first-order valence-corrected chi connectivity index (χ1v) is 6.53. The Labute approximate surface area is 109 Å². The lowest BCUT2D eigenvalue weighted by molar-refractivity contribution is 0.721. The Balaban J connectivity index is 2.27. The highest BCUT2D eigenvalue weighted by Gasteiger charge is 2.18. The van der Waals surface area contributed by atoms with Crippen LogP contribution in [0.3, 0.4) is 0 Å². The van der Waals surface area contributed by atoms with Crippen molar-refractivity contribution in [2.24, 2.45) is 0 Å². The number of halogens is 1. The molecule has 0 spiro atoms. The molecular weight excluding hydrogens is 278 g/mol. The SMILES string of the molecule is Cc1nc2n(c1C)CCNc1cc(Br)ccc1-2. The van der Waals surface area contributed by atoms with Gasteiger partial charge in [-0.1, -0.05) is 15.9 Å². The lowest BCUT2D eigenvalue weighted by Crippen LogP contribution is -2.08. The summed E-state index contributed by atoms with van der Waals surface area (Å²) in [5, 5.41) is 3.45. The number of rotatable bonds is 0. The van der Waals surface area contributed by atoms with E-state index in [4.69, 9.17) is 0 Å². The van der Waals surface area contributed by atoms with Crippen LogP contribution in [0.1, 0.15) is 11.4 Å². The van der Waals surface area contributed by atoms with Gasteiger partial charge in [-0.15, -0.1) is 0 Å². The Kier molecular flexibility index (Phi) is 2.47. The number of nitrogens with one attached hydrogen (secondary N) is 1. The second-order valence-electron chi connectivity index (χ2n) is 4.37. The Morgan fingerprint density at radius 2 is 2.18 bits per heavy atom. The van der Waals surface area contributed by atoms with E-state index < -0.39 is 0 Å². The van der Waals surface area contributed by atoms with E-state index in [1.807, 2.05) is 0 Å². The highest BCUT2D eigenvalue weighted by Crippen LogP contribution is 2.33. The lowest BCUT2D eigenvalue weighted by Gasteiger charge is -2.06. The molecule has 0 amide bonds. The van der Waals surface area contributed by atoms with E-state index in [1.54, 1.807) is 0 Å². The molecule has 1 N–H and O–H groups in total. The highest BCUT2D eigenvalue weighted by atomic mass is 79.9. The fourth-order valence-electron chi connectivity index (χ4n) is 2.29. The summed E-state index contributed by atoms with van der Waals surface area (Å²) in [6.45, 7) is 6.11. The number of hydrogen-bond acceptors (Lipinski definition) is 2. The molecule has 0 atom stereocenters. The van der Waals surface area contributed by atoms with Gasteiger partial charge in [0.1, 0.15) is 5.82 Å². The molecule has 0 radical (unpaired) electrons. The van der Waals surface area contributed by atoms with Crippen molar-refractivity contribution >= 4 is 21.6 Å². The molecule has 0 unspecified atom stereocenters. The molecular formula is C13H14BrN3. The predicted molar refractivity (Wildman–Crippen MR) is 73.3 cm³/mol. The van der Waals surface area contributed by atoms with Crippen molar-refractivity contribution in [3.05, 3.63) is 34.1 Å². The van der Waals surface area contributed by atoms with Gasteiger partial charge in [-0.05, 0) is 32.0 Å². The van der Waals surface area contributed by atoms with Crippen LogP contribution in [0.15, 0.2) is 22.7 Å². The molecule has 1 aliphatic rings. The fourth-order valence-corrected chi connectivity index (χ4v) is 2.65. The summed E-state index contributed by atoms with van der Waals surface area (Å²) in [6.07, 6.45) is 0. The zero-order valence-electron chi connectivity index (χ0n) is 9.92.